The molecule has 1 aliphatic carbocycles. The predicted octanol–water partition coefficient (Wildman–Crippen LogP) is 5.82. The van der Waals surface area contributed by atoms with Crippen molar-refractivity contribution in [3.8, 4) is 0 Å². The van der Waals surface area contributed by atoms with Gasteiger partial charge in [-0.2, -0.15) is 0 Å². The number of esters is 1. The molecule has 0 spiro atoms. The number of allylic oxidation sites excluding steroid dienone is 2. The van der Waals surface area contributed by atoms with Gasteiger partial charge >= 0.3 is 11.9 Å². The molecule has 1 aliphatic heterocycles. The van der Waals surface area contributed by atoms with E-state index in [0.29, 0.717) is 42.1 Å². The lowest BCUT2D eigenvalue weighted by Crippen LogP contribution is -2.34. The number of benzene rings is 2. The van der Waals surface area contributed by atoms with Crippen molar-refractivity contribution in [2.75, 3.05) is 24.3 Å². The third kappa shape index (κ3) is 7.40. The van der Waals surface area contributed by atoms with E-state index in [1.54, 1.807) is 31.2 Å². The monoisotopic (exact) mass is 633 g/mol. The molecule has 5 rings (SSSR count). The average molecular weight is 634 g/mol. The lowest BCUT2D eigenvalue weighted by Gasteiger charge is -2.27. The molecule has 3 N–H and O–H groups in total. The van der Waals surface area contributed by atoms with Crippen LogP contribution in [-0.4, -0.2) is 52.7 Å². The highest BCUT2D eigenvalue weighted by Gasteiger charge is 2.34. The van der Waals surface area contributed by atoms with Gasteiger partial charge in [0.2, 0.25) is 11.8 Å². The Labute approximate surface area is 264 Å². The van der Waals surface area contributed by atoms with Crippen molar-refractivity contribution < 1.29 is 29.0 Å². The van der Waals surface area contributed by atoms with Crippen LogP contribution in [0.4, 0.5) is 10.7 Å². The topological polar surface area (TPSA) is 125 Å². The molecule has 2 aromatic carbocycles. The Morgan fingerprint density at radius 1 is 1.05 bits per heavy atom. The van der Waals surface area contributed by atoms with Gasteiger partial charge in [0, 0.05) is 35.1 Å². The number of nitrogens with one attached hydrogen (secondary N) is 2. The van der Waals surface area contributed by atoms with Gasteiger partial charge in [0.1, 0.15) is 5.00 Å². The average Bonchev–Trinajstić information content (AvgIpc) is 3.38. The summed E-state index contributed by atoms with van der Waals surface area (Å²) in [5.41, 5.74) is 3.12. The van der Waals surface area contributed by atoms with E-state index in [0.717, 1.165) is 28.4 Å². The Kier molecular flexibility index (Phi) is 10.2. The number of carboxylic acid groups (broad SMARTS) is 1. The molecule has 0 radical (unpaired) electrons. The number of hydrogen-bond donors (Lipinski definition) is 3. The van der Waals surface area contributed by atoms with E-state index in [-0.39, 0.29) is 11.8 Å². The summed E-state index contributed by atoms with van der Waals surface area (Å²) in [5, 5.41) is 15.3. The number of carbonyl (C=O) groups is 4. The van der Waals surface area contributed by atoms with Crippen molar-refractivity contribution in [1.82, 2.24) is 4.90 Å². The van der Waals surface area contributed by atoms with Crippen LogP contribution in [0.1, 0.15) is 46.1 Å². The van der Waals surface area contributed by atoms with Crippen LogP contribution < -0.4 is 10.6 Å². The van der Waals surface area contributed by atoms with Crippen LogP contribution in [-0.2, 0) is 38.6 Å². The Bertz CT molecular complexity index is 1570. The van der Waals surface area contributed by atoms with E-state index in [2.05, 4.69) is 27.7 Å². The van der Waals surface area contributed by atoms with Crippen molar-refractivity contribution in [3.05, 3.63) is 88.3 Å². The first-order chi connectivity index (χ1) is 21.2. The highest BCUT2D eigenvalue weighted by Crippen LogP contribution is 2.39. The first kappa shape index (κ1) is 31.5. The summed E-state index contributed by atoms with van der Waals surface area (Å²) >= 11 is 2.74. The number of amides is 2. The van der Waals surface area contributed by atoms with E-state index in [4.69, 9.17) is 4.74 Å². The molecule has 44 heavy (non-hydrogen) atoms. The number of fused-ring (bicyclic) bond motifs is 1. The highest BCUT2D eigenvalue weighted by atomic mass is 32.2. The minimum Gasteiger partial charge on any atom is -0.481 e. The normalized spacial score (nSPS) is 18.6. The van der Waals surface area contributed by atoms with Crippen LogP contribution in [0.5, 0.6) is 0 Å². The van der Waals surface area contributed by atoms with Crippen LogP contribution >= 0.6 is 23.1 Å². The van der Waals surface area contributed by atoms with Gasteiger partial charge in [-0.15, -0.1) is 23.1 Å². The summed E-state index contributed by atoms with van der Waals surface area (Å²) in [7, 11) is 1.35. The Morgan fingerprint density at radius 2 is 1.80 bits per heavy atom. The molecule has 11 heteroatoms. The zero-order valence-corrected chi connectivity index (χ0v) is 26.2. The largest absolute Gasteiger partial charge is 0.481 e. The molecule has 230 valence electrons. The zero-order chi connectivity index (χ0) is 31.2. The first-order valence-corrected chi connectivity index (χ1v) is 16.2. The standard InChI is InChI=1S/C33H35N3O6S2/c1-20(43-23-12-8-11-22(17-23)34-30(38)24-13-6-7-14-25(24)32(39)40)29(37)35-31-28(33(41)42-2)26-15-16-36(19-27(26)44-31)18-21-9-4-3-5-10-21/h3-12,17,20,24-25H,13-16,18-19H2,1-2H3,(H,34,38)(H,35,37)(H,39,40). The lowest BCUT2D eigenvalue weighted by molar-refractivity contribution is -0.146. The number of rotatable bonds is 10. The van der Waals surface area contributed by atoms with Gasteiger partial charge in [0.05, 0.1) is 29.8 Å². The quantitative estimate of drug-likeness (QED) is 0.145. The summed E-state index contributed by atoms with van der Waals surface area (Å²) in [5.74, 6) is -3.45. The van der Waals surface area contributed by atoms with Gasteiger partial charge in [0.25, 0.3) is 0 Å². The van der Waals surface area contributed by atoms with Crippen LogP contribution in [0.2, 0.25) is 0 Å². The van der Waals surface area contributed by atoms with Crippen molar-refractivity contribution in [3.63, 3.8) is 0 Å². The molecule has 0 saturated carbocycles. The van der Waals surface area contributed by atoms with Crippen LogP contribution in [0, 0.1) is 11.8 Å². The van der Waals surface area contributed by atoms with Crippen LogP contribution in [0.25, 0.3) is 0 Å². The number of anilines is 2. The number of ether oxygens (including phenoxy) is 1. The van der Waals surface area contributed by atoms with Gasteiger partial charge < -0.3 is 20.5 Å². The van der Waals surface area contributed by atoms with Crippen LogP contribution in [0.15, 0.2) is 71.6 Å². The molecule has 2 aliphatic rings. The number of carboxylic acids is 1. The minimum absolute atomic E-state index is 0.257. The third-order valence-corrected chi connectivity index (χ3v) is 10.1. The Balaban J connectivity index is 1.24. The maximum atomic E-state index is 13.3. The van der Waals surface area contributed by atoms with E-state index in [1.807, 2.05) is 30.3 Å². The van der Waals surface area contributed by atoms with Gasteiger partial charge in [-0.05, 0) is 55.5 Å². The lowest BCUT2D eigenvalue weighted by atomic mass is 9.82. The van der Waals surface area contributed by atoms with Crippen molar-refractivity contribution in [1.29, 1.82) is 0 Å². The number of methoxy groups -OCH3 is 1. The van der Waals surface area contributed by atoms with Crippen molar-refractivity contribution >= 4 is 57.5 Å². The summed E-state index contributed by atoms with van der Waals surface area (Å²) in [6.07, 6.45) is 5.03. The number of thioether (sulfide) groups is 1. The van der Waals surface area contributed by atoms with E-state index >= 15 is 0 Å². The zero-order valence-electron chi connectivity index (χ0n) is 24.6. The van der Waals surface area contributed by atoms with E-state index < -0.39 is 29.0 Å². The summed E-state index contributed by atoms with van der Waals surface area (Å²) in [6.45, 7) is 4.06. The fourth-order valence-electron chi connectivity index (χ4n) is 5.57. The highest BCUT2D eigenvalue weighted by molar-refractivity contribution is 8.00. The summed E-state index contributed by atoms with van der Waals surface area (Å²) < 4.78 is 5.10. The summed E-state index contributed by atoms with van der Waals surface area (Å²) in [6, 6.07) is 17.4. The fraction of sp³-hybridized carbons (Fsp3) is 0.333. The third-order valence-electron chi connectivity index (χ3n) is 7.88. The molecule has 1 aromatic heterocycles. The smallest absolute Gasteiger partial charge is 0.341 e. The Hall–Kier alpha value is -3.93. The molecule has 2 heterocycles. The second-order valence-corrected chi connectivity index (χ2v) is 13.4. The molecule has 3 unspecified atom stereocenters. The molecule has 9 nitrogen and oxygen atoms in total. The molecule has 0 saturated heterocycles. The molecule has 3 aromatic rings. The number of carbonyl (C=O) groups excluding carboxylic acids is 3. The van der Waals surface area contributed by atoms with Gasteiger partial charge in [-0.1, -0.05) is 48.6 Å². The predicted molar refractivity (Wildman–Crippen MR) is 172 cm³/mol. The molecule has 2 amide bonds. The van der Waals surface area contributed by atoms with Gasteiger partial charge in [0.15, 0.2) is 0 Å². The number of nitrogens with zero attached hydrogens (tertiary/aromatic N) is 1. The SMILES string of the molecule is COC(=O)c1c(NC(=O)C(C)Sc2cccc(NC(=O)C3CC=CCC3C(=O)O)c2)sc2c1CCN(Cc1ccccc1)C2. The van der Waals surface area contributed by atoms with E-state index in [9.17, 15) is 24.3 Å². The maximum Gasteiger partial charge on any atom is 0.341 e. The first-order valence-electron chi connectivity index (χ1n) is 14.5. The molecule has 3 atom stereocenters. The minimum atomic E-state index is -0.981. The molecular formula is C33H35N3O6S2. The van der Waals surface area contributed by atoms with Gasteiger partial charge in [-0.25, -0.2) is 4.79 Å². The van der Waals surface area contributed by atoms with Gasteiger partial charge in [-0.3, -0.25) is 19.3 Å². The van der Waals surface area contributed by atoms with Crippen LogP contribution in [0.3, 0.4) is 0 Å². The number of aliphatic carboxylic acids is 1. The molecule has 0 bridgehead atoms. The molecular weight excluding hydrogens is 599 g/mol. The maximum absolute atomic E-state index is 13.3. The summed E-state index contributed by atoms with van der Waals surface area (Å²) in [4.78, 5) is 54.9. The molecule has 0 fully saturated rings. The van der Waals surface area contributed by atoms with E-state index in [1.165, 1.54) is 35.8 Å². The Morgan fingerprint density at radius 3 is 2.52 bits per heavy atom. The second kappa shape index (κ2) is 14.2. The fourth-order valence-corrected chi connectivity index (χ4v) is 7.78. The number of thiophene rings is 1. The van der Waals surface area contributed by atoms with Crippen molar-refractivity contribution in [2.24, 2.45) is 11.8 Å². The van der Waals surface area contributed by atoms with Crippen molar-refractivity contribution in [2.45, 2.75) is 49.4 Å². The number of hydrogen-bond acceptors (Lipinski definition) is 8. The second-order valence-electron chi connectivity index (χ2n) is 10.9.